The lowest BCUT2D eigenvalue weighted by Gasteiger charge is -2.18. The van der Waals surface area contributed by atoms with Crippen LogP contribution in [0, 0.1) is 11.3 Å². The Bertz CT molecular complexity index is 452. The fourth-order valence-electron chi connectivity index (χ4n) is 1.44. The number of methoxy groups -OCH3 is 1. The number of carbonyl (C=O) groups is 1. The van der Waals surface area contributed by atoms with Gasteiger partial charge in [0.05, 0.1) is 18.7 Å². The minimum Gasteiger partial charge on any atom is -0.504 e. The Hall–Kier alpha value is -2.22. The summed E-state index contributed by atoms with van der Waals surface area (Å²) in [4.78, 5) is 13.4. The minimum absolute atomic E-state index is 0.00795. The molecule has 5 nitrogen and oxygen atoms in total. The quantitative estimate of drug-likeness (QED) is 0.799. The van der Waals surface area contributed by atoms with Crippen molar-refractivity contribution in [3.05, 3.63) is 23.8 Å². The van der Waals surface area contributed by atoms with Crippen LogP contribution in [0.15, 0.2) is 18.2 Å². The Labute approximate surface area is 99.8 Å². The highest BCUT2D eigenvalue weighted by Crippen LogP contribution is 2.30. The van der Waals surface area contributed by atoms with Crippen molar-refractivity contribution in [1.29, 1.82) is 5.26 Å². The van der Waals surface area contributed by atoms with Crippen molar-refractivity contribution in [2.24, 2.45) is 0 Å². The summed E-state index contributed by atoms with van der Waals surface area (Å²) in [5, 5.41) is 18.4. The van der Waals surface area contributed by atoms with Crippen LogP contribution in [0.25, 0.3) is 0 Å². The molecule has 0 saturated heterocycles. The van der Waals surface area contributed by atoms with Crippen molar-refractivity contribution in [1.82, 2.24) is 4.90 Å². The van der Waals surface area contributed by atoms with Crippen LogP contribution in [0.5, 0.6) is 11.5 Å². The highest BCUT2D eigenvalue weighted by atomic mass is 16.5. The lowest BCUT2D eigenvalue weighted by molar-refractivity contribution is 0.0780. The standard InChI is InChI=1S/C12H14N2O3/c1-3-14(8-7-13)12(16)9-5-4-6-10(17-2)11(9)15/h4-6,15H,3,8H2,1-2H3. The highest BCUT2D eigenvalue weighted by molar-refractivity contribution is 5.97. The van der Waals surface area contributed by atoms with Gasteiger partial charge in [-0.25, -0.2) is 0 Å². The number of carbonyl (C=O) groups excluding carboxylic acids is 1. The highest BCUT2D eigenvalue weighted by Gasteiger charge is 2.19. The molecule has 1 aromatic rings. The van der Waals surface area contributed by atoms with Crippen LogP contribution in [0.2, 0.25) is 0 Å². The van der Waals surface area contributed by atoms with Gasteiger partial charge in [0.15, 0.2) is 11.5 Å². The van der Waals surface area contributed by atoms with Crippen molar-refractivity contribution in [2.75, 3.05) is 20.2 Å². The lowest BCUT2D eigenvalue weighted by Crippen LogP contribution is -2.31. The van der Waals surface area contributed by atoms with Gasteiger partial charge in [-0.15, -0.1) is 0 Å². The Morgan fingerprint density at radius 2 is 2.29 bits per heavy atom. The van der Waals surface area contributed by atoms with E-state index in [2.05, 4.69) is 0 Å². The number of nitrogens with zero attached hydrogens (tertiary/aromatic N) is 2. The maximum absolute atomic E-state index is 12.0. The van der Waals surface area contributed by atoms with Gasteiger partial charge in [-0.2, -0.15) is 5.26 Å². The Balaban J connectivity index is 3.08. The van der Waals surface area contributed by atoms with Crippen molar-refractivity contribution in [3.63, 3.8) is 0 Å². The third-order valence-corrected chi connectivity index (χ3v) is 2.38. The average Bonchev–Trinajstić information content (AvgIpc) is 2.35. The summed E-state index contributed by atoms with van der Waals surface area (Å²) in [6.07, 6.45) is 0. The number of aromatic hydroxyl groups is 1. The van der Waals surface area contributed by atoms with Gasteiger partial charge in [-0.05, 0) is 19.1 Å². The van der Waals surface area contributed by atoms with Crippen molar-refractivity contribution in [3.8, 4) is 17.6 Å². The molecule has 0 unspecified atom stereocenters. The molecule has 0 bridgehead atoms. The molecule has 0 radical (unpaired) electrons. The minimum atomic E-state index is -0.384. The summed E-state index contributed by atoms with van der Waals surface area (Å²) in [5.74, 6) is -0.342. The molecule has 0 aromatic heterocycles. The number of hydrogen-bond donors (Lipinski definition) is 1. The molecule has 17 heavy (non-hydrogen) atoms. The molecule has 1 aromatic carbocycles. The fraction of sp³-hybridized carbons (Fsp3) is 0.333. The molecule has 0 heterocycles. The van der Waals surface area contributed by atoms with Crippen LogP contribution in [0.1, 0.15) is 17.3 Å². The van der Waals surface area contributed by atoms with Crippen LogP contribution >= 0.6 is 0 Å². The van der Waals surface area contributed by atoms with E-state index >= 15 is 0 Å². The van der Waals surface area contributed by atoms with Gasteiger partial charge in [0.25, 0.3) is 5.91 Å². The monoisotopic (exact) mass is 234 g/mol. The number of amides is 1. The summed E-state index contributed by atoms with van der Waals surface area (Å²) in [6, 6.07) is 6.59. The van der Waals surface area contributed by atoms with E-state index in [4.69, 9.17) is 10.00 Å². The molecule has 0 aliphatic heterocycles. The van der Waals surface area contributed by atoms with Crippen LogP contribution in [-0.2, 0) is 0 Å². The summed E-state index contributed by atoms with van der Waals surface area (Å²) in [5.41, 5.74) is 0.140. The first kappa shape index (κ1) is 12.8. The summed E-state index contributed by atoms with van der Waals surface area (Å²) in [7, 11) is 1.41. The number of benzene rings is 1. The van der Waals surface area contributed by atoms with Gasteiger partial charge in [0, 0.05) is 6.54 Å². The van der Waals surface area contributed by atoms with Gasteiger partial charge in [0.1, 0.15) is 6.54 Å². The zero-order chi connectivity index (χ0) is 12.8. The molecule has 0 atom stereocenters. The van der Waals surface area contributed by atoms with Gasteiger partial charge < -0.3 is 14.7 Å². The molecule has 0 spiro atoms. The SMILES string of the molecule is CCN(CC#N)C(=O)c1cccc(OC)c1O. The van der Waals surface area contributed by atoms with E-state index < -0.39 is 0 Å². The topological polar surface area (TPSA) is 73.6 Å². The van der Waals surface area contributed by atoms with Crippen molar-refractivity contribution < 1.29 is 14.6 Å². The number of para-hydroxylation sites is 1. The van der Waals surface area contributed by atoms with E-state index in [-0.39, 0.29) is 29.5 Å². The molecule has 1 N–H and O–H groups in total. The zero-order valence-corrected chi connectivity index (χ0v) is 9.80. The molecular formula is C12H14N2O3. The van der Waals surface area contributed by atoms with E-state index in [0.717, 1.165) is 0 Å². The van der Waals surface area contributed by atoms with E-state index in [1.54, 1.807) is 19.1 Å². The molecular weight excluding hydrogens is 220 g/mol. The van der Waals surface area contributed by atoms with Crippen LogP contribution in [0.3, 0.4) is 0 Å². The predicted octanol–water partition coefficient (Wildman–Crippen LogP) is 1.39. The maximum atomic E-state index is 12.0. The summed E-state index contributed by atoms with van der Waals surface area (Å²) < 4.78 is 4.92. The number of hydrogen-bond acceptors (Lipinski definition) is 4. The van der Waals surface area contributed by atoms with Crippen LogP contribution in [0.4, 0.5) is 0 Å². The Kier molecular flexibility index (Phi) is 4.35. The summed E-state index contributed by atoms with van der Waals surface area (Å²) in [6.45, 7) is 2.17. The van der Waals surface area contributed by atoms with Gasteiger partial charge in [0.2, 0.25) is 0 Å². The summed E-state index contributed by atoms with van der Waals surface area (Å²) >= 11 is 0. The van der Waals surface area contributed by atoms with Gasteiger partial charge in [-0.3, -0.25) is 4.79 Å². The van der Waals surface area contributed by atoms with Crippen molar-refractivity contribution >= 4 is 5.91 Å². The second-order valence-corrected chi connectivity index (χ2v) is 3.33. The first-order valence-corrected chi connectivity index (χ1v) is 5.17. The smallest absolute Gasteiger partial charge is 0.258 e. The Morgan fingerprint density at radius 3 is 2.82 bits per heavy atom. The van der Waals surface area contributed by atoms with Crippen LogP contribution < -0.4 is 4.74 Å². The molecule has 0 aliphatic carbocycles. The number of ether oxygens (including phenoxy) is 1. The molecule has 0 fully saturated rings. The molecule has 90 valence electrons. The first-order chi connectivity index (χ1) is 8.15. The van der Waals surface area contributed by atoms with Gasteiger partial charge in [-0.1, -0.05) is 6.07 Å². The molecule has 5 heteroatoms. The third kappa shape index (κ3) is 2.67. The number of phenols is 1. The van der Waals surface area contributed by atoms with E-state index in [9.17, 15) is 9.90 Å². The normalized spacial score (nSPS) is 9.47. The number of nitriles is 1. The lowest BCUT2D eigenvalue weighted by atomic mass is 10.1. The largest absolute Gasteiger partial charge is 0.504 e. The maximum Gasteiger partial charge on any atom is 0.258 e. The molecule has 0 saturated carbocycles. The number of rotatable bonds is 4. The fourth-order valence-corrected chi connectivity index (χ4v) is 1.44. The van der Waals surface area contributed by atoms with Crippen molar-refractivity contribution in [2.45, 2.75) is 6.92 Å². The predicted molar refractivity (Wildman–Crippen MR) is 61.8 cm³/mol. The first-order valence-electron chi connectivity index (χ1n) is 5.17. The molecule has 0 aliphatic rings. The second-order valence-electron chi connectivity index (χ2n) is 3.33. The van der Waals surface area contributed by atoms with E-state index in [1.165, 1.54) is 18.1 Å². The third-order valence-electron chi connectivity index (χ3n) is 2.38. The zero-order valence-electron chi connectivity index (χ0n) is 9.80. The Morgan fingerprint density at radius 1 is 1.59 bits per heavy atom. The van der Waals surface area contributed by atoms with E-state index in [0.29, 0.717) is 6.54 Å². The second kappa shape index (κ2) is 5.75. The number of phenolic OH excluding ortho intramolecular Hbond substituents is 1. The average molecular weight is 234 g/mol. The molecule has 1 amide bonds. The van der Waals surface area contributed by atoms with Crippen LogP contribution in [-0.4, -0.2) is 36.1 Å². The molecule has 1 rings (SSSR count). The van der Waals surface area contributed by atoms with E-state index in [1.807, 2.05) is 6.07 Å². The van der Waals surface area contributed by atoms with Gasteiger partial charge >= 0.3 is 0 Å².